The molecule has 0 saturated carbocycles. The fraction of sp³-hybridized carbons (Fsp3) is 0.333. The second-order valence-corrected chi connectivity index (χ2v) is 5.03. The van der Waals surface area contributed by atoms with E-state index in [1.54, 1.807) is 12.3 Å². The fourth-order valence-corrected chi connectivity index (χ4v) is 2.44. The summed E-state index contributed by atoms with van der Waals surface area (Å²) in [6.07, 6.45) is 2.08. The van der Waals surface area contributed by atoms with Crippen LogP contribution in [0.1, 0.15) is 23.8 Å². The van der Waals surface area contributed by atoms with Gasteiger partial charge in [-0.1, -0.05) is 6.07 Å². The summed E-state index contributed by atoms with van der Waals surface area (Å²) in [5.74, 6) is -1.21. The van der Waals surface area contributed by atoms with E-state index >= 15 is 0 Å². The molecule has 1 fully saturated rings. The van der Waals surface area contributed by atoms with Crippen molar-refractivity contribution in [2.45, 2.75) is 25.5 Å². The minimum absolute atomic E-state index is 0.0725. The van der Waals surface area contributed by atoms with Crippen LogP contribution in [-0.2, 0) is 4.74 Å². The predicted octanol–water partition coefficient (Wildman–Crippen LogP) is 3.01. The Balaban J connectivity index is 1.80. The van der Waals surface area contributed by atoms with Gasteiger partial charge in [0.25, 0.3) is 0 Å². The molecule has 3 rings (SSSR count). The highest BCUT2D eigenvalue weighted by atomic mass is 19.2. The van der Waals surface area contributed by atoms with Crippen molar-refractivity contribution in [1.82, 2.24) is 9.97 Å². The monoisotopic (exact) mass is 291 g/mol. The van der Waals surface area contributed by atoms with Gasteiger partial charge in [-0.25, -0.2) is 18.7 Å². The minimum Gasteiger partial charge on any atom is -0.371 e. The van der Waals surface area contributed by atoms with E-state index in [0.29, 0.717) is 18.1 Å². The normalized spacial score (nSPS) is 21.5. The second-order valence-electron chi connectivity index (χ2n) is 5.03. The molecule has 1 aromatic heterocycles. The number of hydrogen-bond acceptors (Lipinski definition) is 4. The van der Waals surface area contributed by atoms with Gasteiger partial charge in [0.05, 0.1) is 6.04 Å². The van der Waals surface area contributed by atoms with Crippen LogP contribution in [0, 0.1) is 18.6 Å². The third kappa shape index (κ3) is 3.00. The zero-order chi connectivity index (χ0) is 14.8. The summed E-state index contributed by atoms with van der Waals surface area (Å²) in [4.78, 5) is 8.44. The van der Waals surface area contributed by atoms with Crippen molar-refractivity contribution in [2.75, 3.05) is 11.9 Å². The average Bonchev–Trinajstić information content (AvgIpc) is 2.90. The van der Waals surface area contributed by atoms with Crippen LogP contribution in [0.25, 0.3) is 0 Å². The lowest BCUT2D eigenvalue weighted by atomic mass is 10.0. The Morgan fingerprint density at radius 2 is 2.10 bits per heavy atom. The first-order chi connectivity index (χ1) is 10.1. The van der Waals surface area contributed by atoms with Crippen molar-refractivity contribution < 1.29 is 13.5 Å². The predicted molar refractivity (Wildman–Crippen MR) is 73.8 cm³/mol. The zero-order valence-electron chi connectivity index (χ0n) is 11.5. The molecule has 0 bridgehead atoms. The van der Waals surface area contributed by atoms with E-state index in [1.807, 2.05) is 13.0 Å². The van der Waals surface area contributed by atoms with Gasteiger partial charge in [0.2, 0.25) is 5.95 Å². The molecule has 1 aliphatic rings. The Hall–Kier alpha value is -2.08. The summed E-state index contributed by atoms with van der Waals surface area (Å²) in [5, 5.41) is 3.20. The summed E-state index contributed by atoms with van der Waals surface area (Å²) >= 11 is 0. The maximum Gasteiger partial charge on any atom is 0.223 e. The molecule has 0 amide bonds. The van der Waals surface area contributed by atoms with Crippen molar-refractivity contribution >= 4 is 5.95 Å². The SMILES string of the molecule is Cc1ccnc(NC2CCOC2c2ccc(F)c(F)c2)n1. The van der Waals surface area contributed by atoms with Crippen LogP contribution in [0.5, 0.6) is 0 Å². The van der Waals surface area contributed by atoms with E-state index in [9.17, 15) is 8.78 Å². The Kier molecular flexibility index (Phi) is 3.79. The molecule has 2 atom stereocenters. The van der Waals surface area contributed by atoms with Crippen LogP contribution >= 0.6 is 0 Å². The zero-order valence-corrected chi connectivity index (χ0v) is 11.5. The molecule has 0 spiro atoms. The van der Waals surface area contributed by atoms with Crippen LogP contribution < -0.4 is 5.32 Å². The fourth-order valence-electron chi connectivity index (χ4n) is 2.44. The summed E-state index contributed by atoms with van der Waals surface area (Å²) in [6.45, 7) is 2.43. The highest BCUT2D eigenvalue weighted by molar-refractivity contribution is 5.31. The first kappa shape index (κ1) is 13.9. The smallest absolute Gasteiger partial charge is 0.223 e. The Bertz CT molecular complexity index is 651. The van der Waals surface area contributed by atoms with Gasteiger partial charge in [-0.05, 0) is 37.1 Å². The number of benzene rings is 1. The number of rotatable bonds is 3. The van der Waals surface area contributed by atoms with E-state index in [4.69, 9.17) is 4.74 Å². The van der Waals surface area contributed by atoms with Crippen molar-refractivity contribution in [3.05, 3.63) is 53.4 Å². The number of anilines is 1. The van der Waals surface area contributed by atoms with Crippen LogP contribution in [0.15, 0.2) is 30.5 Å². The number of nitrogens with zero attached hydrogens (tertiary/aromatic N) is 2. The molecule has 1 aromatic carbocycles. The molecule has 1 aliphatic heterocycles. The summed E-state index contributed by atoms with van der Waals surface area (Å²) in [5.41, 5.74) is 1.47. The van der Waals surface area contributed by atoms with Gasteiger partial charge in [-0.2, -0.15) is 0 Å². The van der Waals surface area contributed by atoms with Gasteiger partial charge in [-0.3, -0.25) is 0 Å². The number of aryl methyl sites for hydroxylation is 1. The molecule has 2 unspecified atom stereocenters. The van der Waals surface area contributed by atoms with Crippen LogP contribution in [0.2, 0.25) is 0 Å². The first-order valence-corrected chi connectivity index (χ1v) is 6.76. The number of ether oxygens (including phenoxy) is 1. The first-order valence-electron chi connectivity index (χ1n) is 6.76. The summed E-state index contributed by atoms with van der Waals surface area (Å²) in [6, 6.07) is 5.57. The standard InChI is InChI=1S/C15H15F2N3O/c1-9-4-6-18-15(19-9)20-13-5-7-21-14(13)10-2-3-11(16)12(17)8-10/h2-4,6,8,13-14H,5,7H2,1H3,(H,18,19,20). The Morgan fingerprint density at radius 3 is 2.86 bits per heavy atom. The molecular formula is C15H15F2N3O. The largest absolute Gasteiger partial charge is 0.371 e. The van der Waals surface area contributed by atoms with E-state index in [1.165, 1.54) is 6.07 Å². The maximum absolute atomic E-state index is 13.4. The van der Waals surface area contributed by atoms with Gasteiger partial charge in [0, 0.05) is 18.5 Å². The number of halogens is 2. The third-order valence-electron chi connectivity index (χ3n) is 3.47. The molecule has 110 valence electrons. The molecule has 0 aliphatic carbocycles. The molecule has 4 nitrogen and oxygen atoms in total. The number of aromatic nitrogens is 2. The van der Waals surface area contributed by atoms with Crippen molar-refractivity contribution in [3.8, 4) is 0 Å². The highest BCUT2D eigenvalue weighted by Gasteiger charge is 2.30. The third-order valence-corrected chi connectivity index (χ3v) is 3.47. The molecule has 21 heavy (non-hydrogen) atoms. The van der Waals surface area contributed by atoms with Gasteiger partial charge >= 0.3 is 0 Å². The lowest BCUT2D eigenvalue weighted by Gasteiger charge is -2.20. The summed E-state index contributed by atoms with van der Waals surface area (Å²) in [7, 11) is 0. The molecule has 0 radical (unpaired) electrons. The highest BCUT2D eigenvalue weighted by Crippen LogP contribution is 2.31. The van der Waals surface area contributed by atoms with Crippen molar-refractivity contribution in [3.63, 3.8) is 0 Å². The molecule has 1 N–H and O–H groups in total. The average molecular weight is 291 g/mol. The molecule has 6 heteroatoms. The van der Waals surface area contributed by atoms with E-state index in [0.717, 1.165) is 18.2 Å². The lowest BCUT2D eigenvalue weighted by Crippen LogP contribution is -2.24. The minimum atomic E-state index is -0.867. The summed E-state index contributed by atoms with van der Waals surface area (Å²) < 4.78 is 32.0. The second kappa shape index (κ2) is 5.73. The Morgan fingerprint density at radius 1 is 1.24 bits per heavy atom. The van der Waals surface area contributed by atoms with Crippen LogP contribution in [0.3, 0.4) is 0 Å². The van der Waals surface area contributed by atoms with Crippen LogP contribution in [-0.4, -0.2) is 22.6 Å². The number of nitrogens with one attached hydrogen (secondary N) is 1. The van der Waals surface area contributed by atoms with E-state index in [-0.39, 0.29) is 12.1 Å². The molecule has 2 heterocycles. The molecule has 2 aromatic rings. The van der Waals surface area contributed by atoms with Gasteiger partial charge in [-0.15, -0.1) is 0 Å². The molecular weight excluding hydrogens is 276 g/mol. The van der Waals surface area contributed by atoms with Gasteiger partial charge < -0.3 is 10.1 Å². The van der Waals surface area contributed by atoms with Crippen molar-refractivity contribution in [1.29, 1.82) is 0 Å². The maximum atomic E-state index is 13.4. The van der Waals surface area contributed by atoms with Gasteiger partial charge in [0.1, 0.15) is 6.10 Å². The topological polar surface area (TPSA) is 47.0 Å². The van der Waals surface area contributed by atoms with Gasteiger partial charge in [0.15, 0.2) is 11.6 Å². The van der Waals surface area contributed by atoms with Crippen molar-refractivity contribution in [2.24, 2.45) is 0 Å². The van der Waals surface area contributed by atoms with Crippen LogP contribution in [0.4, 0.5) is 14.7 Å². The number of hydrogen-bond donors (Lipinski definition) is 1. The Labute approximate surface area is 121 Å². The molecule has 1 saturated heterocycles. The van der Waals surface area contributed by atoms with E-state index in [2.05, 4.69) is 15.3 Å². The van der Waals surface area contributed by atoms with E-state index < -0.39 is 11.6 Å². The lowest BCUT2D eigenvalue weighted by molar-refractivity contribution is 0.107. The quantitative estimate of drug-likeness (QED) is 0.944.